The molecule has 8 rings (SSSR count). The lowest BCUT2D eigenvalue weighted by molar-refractivity contribution is -0.140. The number of aromatic amines is 1. The number of nitrogens with one attached hydrogen (secondary N) is 3. The Labute approximate surface area is 221 Å². The Morgan fingerprint density at radius 2 is 1.61 bits per heavy atom. The maximum Gasteiger partial charge on any atom is 0.256 e. The highest BCUT2D eigenvalue weighted by Crippen LogP contribution is 2.60. The van der Waals surface area contributed by atoms with Crippen molar-refractivity contribution in [1.29, 1.82) is 0 Å². The van der Waals surface area contributed by atoms with Gasteiger partial charge in [-0.25, -0.2) is 9.97 Å². The molecule has 4 aromatic rings. The molecular weight excluding hydrogens is 474 g/mol. The predicted molar refractivity (Wildman–Crippen MR) is 148 cm³/mol. The number of aromatic nitrogens is 3. The first-order chi connectivity index (χ1) is 18.4. The van der Waals surface area contributed by atoms with Gasteiger partial charge in [0.05, 0.1) is 16.4 Å². The van der Waals surface area contributed by atoms with Crippen molar-refractivity contribution >= 4 is 34.4 Å². The summed E-state index contributed by atoms with van der Waals surface area (Å²) in [6.07, 6.45) is 8.84. The lowest BCUT2D eigenvalue weighted by Gasteiger charge is -2.55. The van der Waals surface area contributed by atoms with Gasteiger partial charge in [0.1, 0.15) is 11.6 Å². The average molecular weight is 506 g/mol. The molecule has 0 spiro atoms. The monoisotopic (exact) mass is 505 g/mol. The van der Waals surface area contributed by atoms with Gasteiger partial charge in [0, 0.05) is 23.0 Å². The van der Waals surface area contributed by atoms with E-state index in [4.69, 9.17) is 4.98 Å². The number of carbonyl (C=O) groups excluding carboxylic acids is 2. The topological polar surface area (TPSA) is 99.8 Å². The first-order valence-electron chi connectivity index (χ1n) is 13.6. The van der Waals surface area contributed by atoms with Crippen molar-refractivity contribution in [1.82, 2.24) is 15.0 Å². The van der Waals surface area contributed by atoms with Gasteiger partial charge in [-0.1, -0.05) is 0 Å². The molecular formula is C31H31N5O2. The fraction of sp³-hybridized carbons (Fsp3) is 0.355. The molecule has 2 aromatic carbocycles. The number of benzene rings is 2. The summed E-state index contributed by atoms with van der Waals surface area (Å²) in [6.45, 7) is 1.96. The van der Waals surface area contributed by atoms with Crippen LogP contribution in [0.5, 0.6) is 0 Å². The molecule has 4 fully saturated rings. The van der Waals surface area contributed by atoms with Crippen LogP contribution in [-0.2, 0) is 4.79 Å². The summed E-state index contributed by atoms with van der Waals surface area (Å²) in [5.41, 5.74) is 4.71. The summed E-state index contributed by atoms with van der Waals surface area (Å²) in [4.78, 5) is 38.4. The number of imidazole rings is 1. The number of rotatable bonds is 5. The Morgan fingerprint density at radius 3 is 2.29 bits per heavy atom. The van der Waals surface area contributed by atoms with Gasteiger partial charge in [-0.15, -0.1) is 0 Å². The third kappa shape index (κ3) is 4.16. The number of H-pyrrole nitrogens is 1. The van der Waals surface area contributed by atoms with Crippen molar-refractivity contribution in [2.24, 2.45) is 23.2 Å². The van der Waals surface area contributed by atoms with Gasteiger partial charge in [-0.05, 0) is 123 Å². The molecule has 4 saturated carbocycles. The van der Waals surface area contributed by atoms with E-state index in [2.05, 4.69) is 20.6 Å². The second-order valence-corrected chi connectivity index (χ2v) is 11.7. The maximum absolute atomic E-state index is 13.4. The largest absolute Gasteiger partial charge is 0.338 e. The minimum Gasteiger partial charge on any atom is -0.338 e. The standard InChI is InChI=1S/C31H31N5O2/c1-18-8-9-32-27(10-18)36-29(37)23-4-7-25-26(14-23)35-28(34-25)22-2-5-24(6-3-22)33-30(38)31-15-19-11-20(16-31)13-21(12-19)17-31/h2-10,14,19-21H,11-13,15-17H2,1H3,(H,33,38)(H,34,35)(H,32,36,37). The second-order valence-electron chi connectivity index (χ2n) is 11.7. The molecule has 2 aromatic heterocycles. The van der Waals surface area contributed by atoms with E-state index in [1.807, 2.05) is 49.4 Å². The van der Waals surface area contributed by atoms with Crippen LogP contribution in [0.15, 0.2) is 60.8 Å². The summed E-state index contributed by atoms with van der Waals surface area (Å²) in [5, 5.41) is 6.07. The van der Waals surface area contributed by atoms with E-state index in [0.29, 0.717) is 11.4 Å². The van der Waals surface area contributed by atoms with Crippen LogP contribution >= 0.6 is 0 Å². The zero-order valence-corrected chi connectivity index (χ0v) is 21.5. The van der Waals surface area contributed by atoms with Crippen molar-refractivity contribution in [3.05, 3.63) is 71.9 Å². The lowest BCUT2D eigenvalue weighted by Crippen LogP contribution is -2.51. The van der Waals surface area contributed by atoms with Gasteiger partial charge in [-0.3, -0.25) is 9.59 Å². The van der Waals surface area contributed by atoms with Gasteiger partial charge in [0.2, 0.25) is 5.91 Å². The molecule has 4 aliphatic carbocycles. The Balaban J connectivity index is 1.06. The van der Waals surface area contributed by atoms with Crippen LogP contribution < -0.4 is 10.6 Å². The molecule has 0 unspecified atom stereocenters. The summed E-state index contributed by atoms with van der Waals surface area (Å²) < 4.78 is 0. The van der Waals surface area contributed by atoms with Crippen LogP contribution in [0.4, 0.5) is 11.5 Å². The lowest BCUT2D eigenvalue weighted by atomic mass is 9.49. The van der Waals surface area contributed by atoms with Crippen molar-refractivity contribution in [3.63, 3.8) is 0 Å². The van der Waals surface area contributed by atoms with Crippen LogP contribution in [0.2, 0.25) is 0 Å². The minimum atomic E-state index is -0.222. The van der Waals surface area contributed by atoms with Crippen molar-refractivity contribution < 1.29 is 9.59 Å². The summed E-state index contributed by atoms with van der Waals surface area (Å²) >= 11 is 0. The van der Waals surface area contributed by atoms with E-state index in [-0.39, 0.29) is 17.2 Å². The number of carbonyl (C=O) groups is 2. The fourth-order valence-electron chi connectivity index (χ4n) is 7.44. The Kier molecular flexibility index (Phi) is 5.35. The molecule has 2 heterocycles. The number of pyridine rings is 1. The molecule has 7 heteroatoms. The number of hydrogen-bond donors (Lipinski definition) is 3. The van der Waals surface area contributed by atoms with E-state index < -0.39 is 0 Å². The fourth-order valence-corrected chi connectivity index (χ4v) is 7.44. The van der Waals surface area contributed by atoms with Gasteiger partial charge in [0.25, 0.3) is 5.91 Å². The minimum absolute atomic E-state index is 0.161. The molecule has 3 N–H and O–H groups in total. The van der Waals surface area contributed by atoms with Crippen LogP contribution in [-0.4, -0.2) is 26.8 Å². The van der Waals surface area contributed by atoms with Gasteiger partial charge in [0.15, 0.2) is 0 Å². The Bertz CT molecular complexity index is 1520. The zero-order chi connectivity index (χ0) is 25.9. The van der Waals surface area contributed by atoms with Crippen LogP contribution in [0.1, 0.15) is 54.4 Å². The van der Waals surface area contributed by atoms with E-state index in [1.54, 1.807) is 18.3 Å². The highest BCUT2D eigenvalue weighted by atomic mass is 16.2. The second kappa shape index (κ2) is 8.79. The molecule has 4 bridgehead atoms. The summed E-state index contributed by atoms with van der Waals surface area (Å²) in [6, 6.07) is 17.0. The maximum atomic E-state index is 13.4. The summed E-state index contributed by atoms with van der Waals surface area (Å²) in [7, 11) is 0. The van der Waals surface area contributed by atoms with Crippen LogP contribution in [0.25, 0.3) is 22.4 Å². The van der Waals surface area contributed by atoms with Crippen molar-refractivity contribution in [3.8, 4) is 11.4 Å². The molecule has 2 amide bonds. The van der Waals surface area contributed by atoms with Crippen molar-refractivity contribution in [2.45, 2.75) is 45.4 Å². The number of aryl methyl sites for hydroxylation is 1. The molecule has 0 radical (unpaired) electrons. The van der Waals surface area contributed by atoms with Crippen LogP contribution in [0, 0.1) is 30.1 Å². The average Bonchev–Trinajstić information content (AvgIpc) is 3.32. The molecule has 7 nitrogen and oxygen atoms in total. The first-order valence-corrected chi connectivity index (χ1v) is 13.6. The van der Waals surface area contributed by atoms with Crippen molar-refractivity contribution in [2.75, 3.05) is 10.6 Å². The Hall–Kier alpha value is -4.00. The number of fused-ring (bicyclic) bond motifs is 1. The molecule has 4 aliphatic rings. The number of anilines is 2. The molecule has 38 heavy (non-hydrogen) atoms. The zero-order valence-electron chi connectivity index (χ0n) is 21.5. The molecule has 0 saturated heterocycles. The quantitative estimate of drug-likeness (QED) is 0.295. The van der Waals surface area contributed by atoms with Gasteiger partial charge < -0.3 is 15.6 Å². The normalized spacial score (nSPS) is 25.4. The summed E-state index contributed by atoms with van der Waals surface area (Å²) in [5.74, 6) is 3.46. The SMILES string of the molecule is Cc1ccnc(NC(=O)c2ccc3nc(-c4ccc(NC(=O)C56CC7CC(CC(C7)C5)C6)cc4)[nH]c3c2)c1. The van der Waals surface area contributed by atoms with E-state index in [1.165, 1.54) is 19.3 Å². The number of amides is 2. The van der Waals surface area contributed by atoms with E-state index in [0.717, 1.165) is 70.7 Å². The number of nitrogens with zero attached hydrogens (tertiary/aromatic N) is 2. The van der Waals surface area contributed by atoms with E-state index >= 15 is 0 Å². The third-order valence-electron chi connectivity index (χ3n) is 8.84. The highest BCUT2D eigenvalue weighted by molar-refractivity contribution is 6.05. The predicted octanol–water partition coefficient (Wildman–Crippen LogP) is 6.34. The first kappa shape index (κ1) is 23.1. The molecule has 0 atom stereocenters. The smallest absolute Gasteiger partial charge is 0.256 e. The highest BCUT2D eigenvalue weighted by Gasteiger charge is 2.54. The van der Waals surface area contributed by atoms with Gasteiger partial charge in [-0.2, -0.15) is 0 Å². The molecule has 0 aliphatic heterocycles. The molecule has 192 valence electrons. The Morgan fingerprint density at radius 1 is 0.895 bits per heavy atom. The van der Waals surface area contributed by atoms with E-state index in [9.17, 15) is 9.59 Å². The number of hydrogen-bond acceptors (Lipinski definition) is 4. The van der Waals surface area contributed by atoms with Crippen LogP contribution in [0.3, 0.4) is 0 Å². The van der Waals surface area contributed by atoms with Gasteiger partial charge >= 0.3 is 0 Å². The third-order valence-corrected chi connectivity index (χ3v) is 8.84.